The van der Waals surface area contributed by atoms with Gasteiger partial charge in [0.05, 0.1) is 11.3 Å². The van der Waals surface area contributed by atoms with Crippen LogP contribution in [0.1, 0.15) is 31.1 Å². The van der Waals surface area contributed by atoms with Gasteiger partial charge in [-0.05, 0) is 48.8 Å². The Morgan fingerprint density at radius 3 is 2.48 bits per heavy atom. The van der Waals surface area contributed by atoms with Crippen molar-refractivity contribution < 1.29 is 18.7 Å². The molecule has 0 aliphatic heterocycles. The van der Waals surface area contributed by atoms with Crippen molar-refractivity contribution in [2.45, 2.75) is 26.9 Å². The molecule has 0 aromatic heterocycles. The summed E-state index contributed by atoms with van der Waals surface area (Å²) in [5, 5.41) is 0. The minimum atomic E-state index is -0.921. The normalized spacial score (nSPS) is 11.9. The maximum Gasteiger partial charge on any atom is 0.340 e. The van der Waals surface area contributed by atoms with E-state index in [9.17, 15) is 14.0 Å². The van der Waals surface area contributed by atoms with Gasteiger partial charge in [-0.25, -0.2) is 9.18 Å². The zero-order valence-corrected chi connectivity index (χ0v) is 13.7. The lowest BCUT2D eigenvalue weighted by Gasteiger charge is -2.22. The van der Waals surface area contributed by atoms with Crippen LogP contribution in [0.25, 0.3) is 0 Å². The maximum atomic E-state index is 13.2. The van der Waals surface area contributed by atoms with E-state index in [0.717, 1.165) is 6.07 Å². The fourth-order valence-corrected chi connectivity index (χ4v) is 2.27. The third-order valence-electron chi connectivity index (χ3n) is 3.01. The Kier molecular flexibility index (Phi) is 6.14. The first kappa shape index (κ1) is 17.4. The van der Waals surface area contributed by atoms with Gasteiger partial charge in [0.2, 0.25) is 0 Å². The summed E-state index contributed by atoms with van der Waals surface area (Å²) in [7, 11) is 0. The number of nitrogens with zero attached hydrogens (tertiary/aromatic N) is 1. The number of hydrogen-bond donors (Lipinski definition) is 1. The van der Waals surface area contributed by atoms with Crippen molar-refractivity contribution in [3.63, 3.8) is 0 Å². The summed E-state index contributed by atoms with van der Waals surface area (Å²) < 4.78 is 18.6. The van der Waals surface area contributed by atoms with Gasteiger partial charge in [-0.1, -0.05) is 0 Å². The molecule has 2 N–H and O–H groups in total. The van der Waals surface area contributed by atoms with Gasteiger partial charge in [-0.15, -0.1) is 0 Å². The zero-order chi connectivity index (χ0) is 16.2. The average Bonchev–Trinajstić information content (AvgIpc) is 2.43. The number of benzene rings is 1. The molecule has 5 nitrogen and oxygen atoms in total. The first-order valence-electron chi connectivity index (χ1n) is 6.56. The smallest absolute Gasteiger partial charge is 0.340 e. The van der Waals surface area contributed by atoms with E-state index in [2.05, 4.69) is 15.9 Å². The molecule has 1 aromatic rings. The average molecular weight is 361 g/mol. The molecule has 1 unspecified atom stereocenters. The molecule has 1 rings (SSSR count). The third kappa shape index (κ3) is 4.17. The van der Waals surface area contributed by atoms with Crippen molar-refractivity contribution in [1.29, 1.82) is 0 Å². The second kappa shape index (κ2) is 7.40. The van der Waals surface area contributed by atoms with Gasteiger partial charge >= 0.3 is 5.97 Å². The second-order valence-electron chi connectivity index (χ2n) is 4.41. The van der Waals surface area contributed by atoms with Crippen LogP contribution >= 0.6 is 15.9 Å². The van der Waals surface area contributed by atoms with E-state index >= 15 is 0 Å². The van der Waals surface area contributed by atoms with Gasteiger partial charge in [-0.2, -0.15) is 0 Å². The van der Waals surface area contributed by atoms with E-state index in [4.69, 9.17) is 10.5 Å². The fraction of sp³-hybridized carbons (Fsp3) is 0.429. The number of hydrogen-bond acceptors (Lipinski definition) is 4. The molecule has 0 aliphatic carbocycles. The number of anilines is 1. The minimum absolute atomic E-state index is 0.0769. The number of nitrogen functional groups attached to an aromatic ring is 1. The van der Waals surface area contributed by atoms with Gasteiger partial charge in [0.15, 0.2) is 6.10 Å². The highest BCUT2D eigenvalue weighted by atomic mass is 79.9. The quantitative estimate of drug-likeness (QED) is 0.646. The van der Waals surface area contributed by atoms with E-state index in [1.807, 2.05) is 13.8 Å². The molecule has 0 heterocycles. The molecule has 1 atom stereocenters. The van der Waals surface area contributed by atoms with Crippen LogP contribution in [-0.4, -0.2) is 36.0 Å². The van der Waals surface area contributed by atoms with Crippen LogP contribution < -0.4 is 5.73 Å². The standard InChI is InChI=1S/C14H18BrFN2O3/c1-4-18(5-2)13(19)8(3)21-14(20)9-6-12(17)11(16)7-10(9)15/h6-8H,4-5,17H2,1-3H3. The summed E-state index contributed by atoms with van der Waals surface area (Å²) in [6.45, 7) is 6.24. The highest BCUT2D eigenvalue weighted by Crippen LogP contribution is 2.24. The van der Waals surface area contributed by atoms with Crippen LogP contribution in [0.3, 0.4) is 0 Å². The number of esters is 1. The second-order valence-corrected chi connectivity index (χ2v) is 5.27. The number of likely N-dealkylation sites (N-methyl/N-ethyl adjacent to an activating group) is 1. The fourth-order valence-electron chi connectivity index (χ4n) is 1.79. The van der Waals surface area contributed by atoms with Crippen LogP contribution in [0.15, 0.2) is 16.6 Å². The van der Waals surface area contributed by atoms with Crippen molar-refractivity contribution in [3.8, 4) is 0 Å². The molecule has 1 amide bonds. The number of carbonyl (C=O) groups is 2. The van der Waals surface area contributed by atoms with Crippen LogP contribution in [0.2, 0.25) is 0 Å². The Labute approximate surface area is 131 Å². The molecular weight excluding hydrogens is 343 g/mol. The topological polar surface area (TPSA) is 72.6 Å². The Morgan fingerprint density at radius 1 is 1.38 bits per heavy atom. The van der Waals surface area contributed by atoms with Gasteiger partial charge < -0.3 is 15.4 Å². The molecule has 7 heteroatoms. The van der Waals surface area contributed by atoms with Crippen molar-refractivity contribution >= 4 is 33.5 Å². The molecule has 0 spiro atoms. The number of rotatable bonds is 5. The molecule has 0 saturated carbocycles. The van der Waals surface area contributed by atoms with Gasteiger partial charge in [0, 0.05) is 17.6 Å². The number of amides is 1. The van der Waals surface area contributed by atoms with Crippen LogP contribution in [0, 0.1) is 5.82 Å². The lowest BCUT2D eigenvalue weighted by Crippen LogP contribution is -2.39. The largest absolute Gasteiger partial charge is 0.449 e. The lowest BCUT2D eigenvalue weighted by molar-refractivity contribution is -0.139. The van der Waals surface area contributed by atoms with Crippen molar-refractivity contribution in [2.24, 2.45) is 0 Å². The van der Waals surface area contributed by atoms with Crippen molar-refractivity contribution in [1.82, 2.24) is 4.90 Å². The SMILES string of the molecule is CCN(CC)C(=O)C(C)OC(=O)c1cc(N)c(F)cc1Br. The van der Waals surface area contributed by atoms with Gasteiger partial charge in [0.1, 0.15) is 5.82 Å². The predicted octanol–water partition coefficient (Wildman–Crippen LogP) is 2.58. The molecule has 21 heavy (non-hydrogen) atoms. The van der Waals surface area contributed by atoms with Gasteiger partial charge in [-0.3, -0.25) is 4.79 Å². The Bertz CT molecular complexity index is 547. The third-order valence-corrected chi connectivity index (χ3v) is 3.67. The summed E-state index contributed by atoms with van der Waals surface area (Å²) in [6, 6.07) is 2.26. The van der Waals surface area contributed by atoms with Crippen molar-refractivity contribution in [2.75, 3.05) is 18.8 Å². The Morgan fingerprint density at radius 2 is 1.95 bits per heavy atom. The highest BCUT2D eigenvalue weighted by Gasteiger charge is 2.24. The predicted molar refractivity (Wildman–Crippen MR) is 81.3 cm³/mol. The Hall–Kier alpha value is -1.63. The van der Waals surface area contributed by atoms with Crippen LogP contribution in [0.5, 0.6) is 0 Å². The van der Waals surface area contributed by atoms with E-state index in [1.54, 1.807) is 4.90 Å². The maximum absolute atomic E-state index is 13.2. The summed E-state index contributed by atoms with van der Waals surface area (Å²) in [6.07, 6.45) is -0.921. The molecule has 1 aromatic carbocycles. The first-order valence-corrected chi connectivity index (χ1v) is 7.35. The first-order chi connectivity index (χ1) is 9.81. The number of ether oxygens (including phenoxy) is 1. The molecule has 0 bridgehead atoms. The molecule has 116 valence electrons. The van der Waals surface area contributed by atoms with E-state index in [1.165, 1.54) is 13.0 Å². The van der Waals surface area contributed by atoms with E-state index < -0.39 is 17.9 Å². The van der Waals surface area contributed by atoms with Crippen LogP contribution in [-0.2, 0) is 9.53 Å². The van der Waals surface area contributed by atoms with E-state index in [0.29, 0.717) is 13.1 Å². The van der Waals surface area contributed by atoms with Gasteiger partial charge in [0.25, 0.3) is 5.91 Å². The highest BCUT2D eigenvalue weighted by molar-refractivity contribution is 9.10. The summed E-state index contributed by atoms with van der Waals surface area (Å²) in [5.74, 6) is -1.65. The summed E-state index contributed by atoms with van der Waals surface area (Å²) in [4.78, 5) is 25.6. The molecular formula is C14H18BrFN2O3. The summed E-state index contributed by atoms with van der Waals surface area (Å²) in [5.41, 5.74) is 5.35. The number of carbonyl (C=O) groups excluding carboxylic acids is 2. The molecule has 0 radical (unpaired) electrons. The monoisotopic (exact) mass is 360 g/mol. The van der Waals surface area contributed by atoms with Crippen molar-refractivity contribution in [3.05, 3.63) is 28.0 Å². The van der Waals surface area contributed by atoms with Crippen LogP contribution in [0.4, 0.5) is 10.1 Å². The number of nitrogens with two attached hydrogens (primary N) is 1. The lowest BCUT2D eigenvalue weighted by atomic mass is 10.2. The Balaban J connectivity index is 2.86. The molecule has 0 fully saturated rings. The molecule has 0 saturated heterocycles. The minimum Gasteiger partial charge on any atom is -0.449 e. The molecule has 0 aliphatic rings. The number of halogens is 2. The summed E-state index contributed by atoms with van der Waals surface area (Å²) >= 11 is 3.07. The van der Waals surface area contributed by atoms with E-state index in [-0.39, 0.29) is 21.6 Å². The zero-order valence-electron chi connectivity index (χ0n) is 12.2.